The zero-order valence-corrected chi connectivity index (χ0v) is 14.2. The monoisotopic (exact) mass is 341 g/mol. The first-order valence-corrected chi connectivity index (χ1v) is 8.62. The Kier molecular flexibility index (Phi) is 4.48. The Morgan fingerprint density at radius 2 is 1.54 bits per heavy atom. The molecule has 26 heavy (non-hydrogen) atoms. The summed E-state index contributed by atoms with van der Waals surface area (Å²) in [5.74, 6) is 0.698. The molecule has 0 aliphatic carbocycles. The van der Waals surface area contributed by atoms with Crippen LogP contribution in [0.3, 0.4) is 0 Å². The summed E-state index contributed by atoms with van der Waals surface area (Å²) in [7, 11) is 0. The SMILES string of the molecule is O=C(Cc1ccccc1)N[C@H](c1ccccc1)c1nc2ccccc2[nH]1. The van der Waals surface area contributed by atoms with Gasteiger partial charge in [0.25, 0.3) is 0 Å². The maximum absolute atomic E-state index is 12.6. The molecule has 128 valence electrons. The predicted octanol–water partition coefficient (Wildman–Crippen LogP) is 4.01. The molecular weight excluding hydrogens is 322 g/mol. The van der Waals surface area contributed by atoms with Gasteiger partial charge in [0, 0.05) is 0 Å². The Hall–Kier alpha value is -3.40. The number of amides is 1. The molecule has 0 saturated carbocycles. The van der Waals surface area contributed by atoms with E-state index in [4.69, 9.17) is 0 Å². The Morgan fingerprint density at radius 1 is 0.885 bits per heavy atom. The van der Waals surface area contributed by atoms with Crippen LogP contribution < -0.4 is 5.32 Å². The van der Waals surface area contributed by atoms with E-state index >= 15 is 0 Å². The van der Waals surface area contributed by atoms with Crippen LogP contribution >= 0.6 is 0 Å². The van der Waals surface area contributed by atoms with Gasteiger partial charge in [0.15, 0.2) is 0 Å². The standard InChI is InChI=1S/C22H19N3O/c26-20(15-16-9-3-1-4-10-16)25-21(17-11-5-2-6-12-17)22-23-18-13-7-8-14-19(18)24-22/h1-14,21H,15H2,(H,23,24)(H,25,26)/t21-/m1/s1. The van der Waals surface area contributed by atoms with Gasteiger partial charge in [0.05, 0.1) is 17.5 Å². The minimum Gasteiger partial charge on any atom is -0.342 e. The van der Waals surface area contributed by atoms with Crippen molar-refractivity contribution >= 4 is 16.9 Å². The molecule has 1 aromatic heterocycles. The van der Waals surface area contributed by atoms with Crippen molar-refractivity contribution in [2.24, 2.45) is 0 Å². The van der Waals surface area contributed by atoms with Crippen molar-refractivity contribution in [2.75, 3.05) is 0 Å². The number of nitrogens with one attached hydrogen (secondary N) is 2. The van der Waals surface area contributed by atoms with Gasteiger partial charge in [-0.2, -0.15) is 0 Å². The van der Waals surface area contributed by atoms with Gasteiger partial charge in [0.1, 0.15) is 11.9 Å². The molecule has 1 amide bonds. The minimum atomic E-state index is -0.320. The molecule has 0 bridgehead atoms. The lowest BCUT2D eigenvalue weighted by Crippen LogP contribution is -2.31. The van der Waals surface area contributed by atoms with E-state index in [0.29, 0.717) is 6.42 Å². The fourth-order valence-electron chi connectivity index (χ4n) is 3.06. The summed E-state index contributed by atoms with van der Waals surface area (Å²) < 4.78 is 0. The van der Waals surface area contributed by atoms with Gasteiger partial charge in [-0.05, 0) is 23.3 Å². The molecular formula is C22H19N3O. The number of para-hydroxylation sites is 2. The Labute approximate surface area is 151 Å². The number of aromatic amines is 1. The number of imidazole rings is 1. The van der Waals surface area contributed by atoms with E-state index < -0.39 is 0 Å². The number of fused-ring (bicyclic) bond motifs is 1. The summed E-state index contributed by atoms with van der Waals surface area (Å²) in [4.78, 5) is 20.6. The molecule has 4 heteroatoms. The maximum Gasteiger partial charge on any atom is 0.225 e. The first-order chi connectivity index (χ1) is 12.8. The normalized spacial score (nSPS) is 12.0. The summed E-state index contributed by atoms with van der Waals surface area (Å²) in [5.41, 5.74) is 3.83. The van der Waals surface area contributed by atoms with Gasteiger partial charge >= 0.3 is 0 Å². The zero-order chi connectivity index (χ0) is 17.8. The van der Waals surface area contributed by atoms with Crippen LogP contribution in [0.25, 0.3) is 11.0 Å². The molecule has 0 radical (unpaired) electrons. The lowest BCUT2D eigenvalue weighted by Gasteiger charge is -2.17. The number of hydrogen-bond acceptors (Lipinski definition) is 2. The van der Waals surface area contributed by atoms with Crippen LogP contribution in [0.2, 0.25) is 0 Å². The first kappa shape index (κ1) is 16.1. The molecule has 3 aromatic carbocycles. The maximum atomic E-state index is 12.6. The Bertz CT molecular complexity index is 976. The summed E-state index contributed by atoms with van der Waals surface area (Å²) >= 11 is 0. The topological polar surface area (TPSA) is 57.8 Å². The zero-order valence-electron chi connectivity index (χ0n) is 14.2. The van der Waals surface area contributed by atoms with Crippen LogP contribution in [0.5, 0.6) is 0 Å². The van der Waals surface area contributed by atoms with Crippen LogP contribution in [0.4, 0.5) is 0 Å². The van der Waals surface area contributed by atoms with Crippen LogP contribution in [0, 0.1) is 0 Å². The van der Waals surface area contributed by atoms with E-state index in [2.05, 4.69) is 15.3 Å². The lowest BCUT2D eigenvalue weighted by atomic mass is 10.1. The number of benzene rings is 3. The highest BCUT2D eigenvalue weighted by atomic mass is 16.1. The van der Waals surface area contributed by atoms with Crippen LogP contribution in [0.1, 0.15) is 23.0 Å². The van der Waals surface area contributed by atoms with Crippen molar-refractivity contribution in [1.82, 2.24) is 15.3 Å². The average Bonchev–Trinajstić information content (AvgIpc) is 3.11. The molecule has 0 aliphatic heterocycles. The number of rotatable bonds is 5. The van der Waals surface area contributed by atoms with E-state index in [9.17, 15) is 4.79 Å². The summed E-state index contributed by atoms with van der Waals surface area (Å²) in [5, 5.41) is 3.13. The van der Waals surface area contributed by atoms with E-state index in [-0.39, 0.29) is 11.9 Å². The van der Waals surface area contributed by atoms with Crippen LogP contribution in [-0.4, -0.2) is 15.9 Å². The molecule has 1 heterocycles. The Morgan fingerprint density at radius 3 is 2.27 bits per heavy atom. The van der Waals surface area contributed by atoms with Gasteiger partial charge in [-0.25, -0.2) is 4.98 Å². The molecule has 0 spiro atoms. The molecule has 4 aromatic rings. The van der Waals surface area contributed by atoms with Crippen LogP contribution in [-0.2, 0) is 11.2 Å². The molecule has 4 nitrogen and oxygen atoms in total. The molecule has 0 aliphatic rings. The quantitative estimate of drug-likeness (QED) is 0.576. The third-order valence-corrected chi connectivity index (χ3v) is 4.33. The minimum absolute atomic E-state index is 0.0366. The number of carbonyl (C=O) groups excluding carboxylic acids is 1. The highest BCUT2D eigenvalue weighted by Crippen LogP contribution is 2.22. The van der Waals surface area contributed by atoms with E-state index in [1.807, 2.05) is 84.9 Å². The fraction of sp³-hybridized carbons (Fsp3) is 0.0909. The molecule has 2 N–H and O–H groups in total. The van der Waals surface area contributed by atoms with Gasteiger partial charge in [-0.3, -0.25) is 4.79 Å². The summed E-state index contributed by atoms with van der Waals surface area (Å²) in [6.07, 6.45) is 0.338. The largest absolute Gasteiger partial charge is 0.342 e. The third kappa shape index (κ3) is 3.49. The lowest BCUT2D eigenvalue weighted by molar-refractivity contribution is -0.121. The molecule has 0 fully saturated rings. The number of aromatic nitrogens is 2. The van der Waals surface area contributed by atoms with Crippen LogP contribution in [0.15, 0.2) is 84.9 Å². The van der Waals surface area contributed by atoms with Crippen molar-refractivity contribution in [3.63, 3.8) is 0 Å². The van der Waals surface area contributed by atoms with Crippen molar-refractivity contribution in [1.29, 1.82) is 0 Å². The third-order valence-electron chi connectivity index (χ3n) is 4.33. The van der Waals surface area contributed by atoms with Crippen molar-refractivity contribution in [3.8, 4) is 0 Å². The summed E-state index contributed by atoms with van der Waals surface area (Å²) in [6.45, 7) is 0. The highest BCUT2D eigenvalue weighted by Gasteiger charge is 2.20. The van der Waals surface area contributed by atoms with Gasteiger partial charge < -0.3 is 10.3 Å². The second-order valence-corrected chi connectivity index (χ2v) is 6.21. The first-order valence-electron chi connectivity index (χ1n) is 8.62. The highest BCUT2D eigenvalue weighted by molar-refractivity contribution is 5.80. The second-order valence-electron chi connectivity index (χ2n) is 6.21. The van der Waals surface area contributed by atoms with E-state index in [1.54, 1.807) is 0 Å². The van der Waals surface area contributed by atoms with E-state index in [1.165, 1.54) is 0 Å². The number of carbonyl (C=O) groups is 1. The molecule has 4 rings (SSSR count). The molecule has 0 saturated heterocycles. The molecule has 1 atom stereocenters. The number of nitrogens with zero attached hydrogens (tertiary/aromatic N) is 1. The second kappa shape index (κ2) is 7.23. The van der Waals surface area contributed by atoms with E-state index in [0.717, 1.165) is 28.0 Å². The van der Waals surface area contributed by atoms with Crippen molar-refractivity contribution in [3.05, 3.63) is 102 Å². The van der Waals surface area contributed by atoms with Crippen molar-refractivity contribution in [2.45, 2.75) is 12.5 Å². The number of hydrogen-bond donors (Lipinski definition) is 2. The predicted molar refractivity (Wildman–Crippen MR) is 103 cm³/mol. The molecule has 0 unspecified atom stereocenters. The summed E-state index contributed by atoms with van der Waals surface area (Å²) in [6, 6.07) is 27.2. The van der Waals surface area contributed by atoms with Gasteiger partial charge in [-0.15, -0.1) is 0 Å². The average molecular weight is 341 g/mol. The Balaban J connectivity index is 1.64. The van der Waals surface area contributed by atoms with Gasteiger partial charge in [0.2, 0.25) is 5.91 Å². The van der Waals surface area contributed by atoms with Gasteiger partial charge in [-0.1, -0.05) is 72.8 Å². The fourth-order valence-corrected chi connectivity index (χ4v) is 3.06. The van der Waals surface area contributed by atoms with Crippen molar-refractivity contribution < 1.29 is 4.79 Å². The smallest absolute Gasteiger partial charge is 0.225 e. The number of H-pyrrole nitrogens is 1.